The Morgan fingerprint density at radius 1 is 0.291 bits per heavy atom. The SMILES string of the molecule is CCCCCCCCCCCCCCOCC(CCCCCCCCOCCCCCCC)(COCC[N+](CC)(CC)CC)COCC[N+](CC)(CC)CC. The minimum absolute atomic E-state index is 0.0806. The van der Waals surface area contributed by atoms with Gasteiger partial charge in [-0.3, -0.25) is 0 Å². The highest BCUT2D eigenvalue weighted by molar-refractivity contribution is 4.80. The molecule has 6 heteroatoms. The smallest absolute Gasteiger partial charge is 0.102 e. The van der Waals surface area contributed by atoms with Gasteiger partial charge in [0.2, 0.25) is 0 Å². The van der Waals surface area contributed by atoms with E-state index in [0.717, 1.165) is 81.3 Å². The number of hydrogen-bond acceptors (Lipinski definition) is 4. The van der Waals surface area contributed by atoms with Gasteiger partial charge in [-0.1, -0.05) is 142 Å². The summed E-state index contributed by atoms with van der Waals surface area (Å²) in [5.41, 5.74) is -0.0806. The zero-order valence-corrected chi connectivity index (χ0v) is 39.3. The van der Waals surface area contributed by atoms with Crippen molar-refractivity contribution in [3.8, 4) is 0 Å². The molecule has 332 valence electrons. The monoisotopic (exact) mass is 785 g/mol. The summed E-state index contributed by atoms with van der Waals surface area (Å²) >= 11 is 0. The summed E-state index contributed by atoms with van der Waals surface area (Å²) < 4.78 is 28.1. The van der Waals surface area contributed by atoms with Crippen LogP contribution >= 0.6 is 0 Å². The molecular weight excluding hydrogens is 681 g/mol. The van der Waals surface area contributed by atoms with E-state index < -0.39 is 0 Å². The molecule has 6 nitrogen and oxygen atoms in total. The van der Waals surface area contributed by atoms with Crippen LogP contribution in [0.15, 0.2) is 0 Å². The Labute approximate surface area is 347 Å². The molecule has 0 fully saturated rings. The van der Waals surface area contributed by atoms with Gasteiger partial charge in [0.05, 0.1) is 72.3 Å². The van der Waals surface area contributed by atoms with Crippen LogP contribution in [0.4, 0.5) is 0 Å². The summed E-state index contributed by atoms with van der Waals surface area (Å²) in [6.45, 7) is 34.4. The molecule has 0 bridgehead atoms. The van der Waals surface area contributed by atoms with Crippen LogP contribution in [0, 0.1) is 5.41 Å². The zero-order chi connectivity index (χ0) is 40.6. The first-order chi connectivity index (χ1) is 26.9. The predicted octanol–water partition coefficient (Wildman–Crippen LogP) is 13.2. The maximum Gasteiger partial charge on any atom is 0.102 e. The van der Waals surface area contributed by atoms with Crippen molar-refractivity contribution in [2.45, 2.75) is 209 Å². The van der Waals surface area contributed by atoms with Crippen molar-refractivity contribution in [3.05, 3.63) is 0 Å². The summed E-state index contributed by atoms with van der Waals surface area (Å²) in [6.07, 6.45) is 31.8. The minimum atomic E-state index is -0.0806. The minimum Gasteiger partial charge on any atom is -0.381 e. The van der Waals surface area contributed by atoms with Gasteiger partial charge in [0, 0.05) is 25.2 Å². The quantitative estimate of drug-likeness (QED) is 0.0455. The number of ether oxygens (including phenoxy) is 4. The van der Waals surface area contributed by atoms with Crippen molar-refractivity contribution in [2.24, 2.45) is 5.41 Å². The van der Waals surface area contributed by atoms with Crippen molar-refractivity contribution in [2.75, 3.05) is 105 Å². The molecule has 0 aromatic carbocycles. The Bertz CT molecular complexity index is 679. The van der Waals surface area contributed by atoms with Crippen molar-refractivity contribution in [3.63, 3.8) is 0 Å². The highest BCUT2D eigenvalue weighted by atomic mass is 16.5. The van der Waals surface area contributed by atoms with E-state index in [2.05, 4.69) is 55.4 Å². The lowest BCUT2D eigenvalue weighted by Crippen LogP contribution is -2.50. The van der Waals surface area contributed by atoms with Gasteiger partial charge in [-0.2, -0.15) is 0 Å². The average Bonchev–Trinajstić information content (AvgIpc) is 3.21. The van der Waals surface area contributed by atoms with Crippen LogP contribution in [-0.2, 0) is 18.9 Å². The van der Waals surface area contributed by atoms with Crippen LogP contribution in [0.25, 0.3) is 0 Å². The second-order valence-electron chi connectivity index (χ2n) is 17.5. The van der Waals surface area contributed by atoms with Crippen LogP contribution in [0.2, 0.25) is 0 Å². The number of nitrogens with zero attached hydrogens (tertiary/aromatic N) is 2. The predicted molar refractivity (Wildman–Crippen MR) is 241 cm³/mol. The molecular formula is C49H104N2O4+2. The first-order valence-electron chi connectivity index (χ1n) is 24.9. The highest BCUT2D eigenvalue weighted by Crippen LogP contribution is 2.29. The molecule has 0 radical (unpaired) electrons. The fourth-order valence-electron chi connectivity index (χ4n) is 8.38. The Morgan fingerprint density at radius 3 is 0.891 bits per heavy atom. The largest absolute Gasteiger partial charge is 0.381 e. The number of hydrogen-bond donors (Lipinski definition) is 0. The Morgan fingerprint density at radius 2 is 0.564 bits per heavy atom. The van der Waals surface area contributed by atoms with Gasteiger partial charge in [-0.25, -0.2) is 0 Å². The van der Waals surface area contributed by atoms with Crippen LogP contribution in [0.3, 0.4) is 0 Å². The van der Waals surface area contributed by atoms with Crippen molar-refractivity contribution >= 4 is 0 Å². The topological polar surface area (TPSA) is 36.9 Å². The van der Waals surface area contributed by atoms with E-state index in [-0.39, 0.29) is 5.41 Å². The van der Waals surface area contributed by atoms with E-state index in [1.165, 1.54) is 187 Å². The Balaban J connectivity index is 5.13. The van der Waals surface area contributed by atoms with Gasteiger partial charge in [-0.15, -0.1) is 0 Å². The molecule has 0 aliphatic carbocycles. The van der Waals surface area contributed by atoms with Gasteiger partial charge in [-0.05, 0) is 67.2 Å². The maximum absolute atomic E-state index is 6.67. The second-order valence-corrected chi connectivity index (χ2v) is 17.5. The lowest BCUT2D eigenvalue weighted by Gasteiger charge is -2.38. The number of quaternary nitrogens is 2. The van der Waals surface area contributed by atoms with Crippen LogP contribution < -0.4 is 0 Å². The average molecular weight is 785 g/mol. The van der Waals surface area contributed by atoms with Gasteiger partial charge < -0.3 is 27.9 Å². The van der Waals surface area contributed by atoms with Gasteiger partial charge in [0.1, 0.15) is 13.1 Å². The van der Waals surface area contributed by atoms with Gasteiger partial charge in [0.25, 0.3) is 0 Å². The van der Waals surface area contributed by atoms with Crippen LogP contribution in [0.1, 0.15) is 209 Å². The molecule has 55 heavy (non-hydrogen) atoms. The Kier molecular flexibility index (Phi) is 39.1. The van der Waals surface area contributed by atoms with Crippen LogP contribution in [0.5, 0.6) is 0 Å². The van der Waals surface area contributed by atoms with E-state index in [0.29, 0.717) is 0 Å². The van der Waals surface area contributed by atoms with E-state index in [1.54, 1.807) is 0 Å². The maximum atomic E-state index is 6.67. The third-order valence-corrected chi connectivity index (χ3v) is 13.4. The summed E-state index contributed by atoms with van der Waals surface area (Å²) in [6, 6.07) is 0. The first-order valence-corrected chi connectivity index (χ1v) is 24.9. The molecule has 0 aromatic rings. The molecule has 0 rings (SSSR count). The van der Waals surface area contributed by atoms with Gasteiger partial charge >= 0.3 is 0 Å². The van der Waals surface area contributed by atoms with Crippen molar-refractivity contribution in [1.82, 2.24) is 0 Å². The van der Waals surface area contributed by atoms with E-state index in [4.69, 9.17) is 18.9 Å². The lowest BCUT2D eigenvalue weighted by molar-refractivity contribution is -0.923. The standard InChI is InChI=1S/C49H104N2O4/c1-9-17-19-21-22-23-24-25-26-28-33-37-43-53-46-49(47-54-44-39-50(11-3,12-4)13-5,48-55-45-40-51(14-6,15-7)16-8)38-34-30-27-29-32-36-42-52-41-35-31-20-18-10-2/h9-48H2,1-8H3/q+2. The Hall–Kier alpha value is -0.240. The lowest BCUT2D eigenvalue weighted by atomic mass is 9.84. The summed E-state index contributed by atoms with van der Waals surface area (Å²) in [5.74, 6) is 0. The van der Waals surface area contributed by atoms with Crippen LogP contribution in [-0.4, -0.2) is 114 Å². The molecule has 0 spiro atoms. The molecule has 0 atom stereocenters. The molecule has 0 unspecified atom stereocenters. The van der Waals surface area contributed by atoms with Gasteiger partial charge in [0.15, 0.2) is 0 Å². The fourth-order valence-corrected chi connectivity index (χ4v) is 8.38. The fraction of sp³-hybridized carbons (Fsp3) is 1.00. The molecule has 0 aliphatic rings. The van der Waals surface area contributed by atoms with E-state index >= 15 is 0 Å². The number of rotatable bonds is 46. The molecule has 0 aromatic heterocycles. The molecule has 0 saturated heterocycles. The number of likely N-dealkylation sites (N-methyl/N-ethyl adjacent to an activating group) is 2. The third kappa shape index (κ3) is 29.6. The second kappa shape index (κ2) is 39.2. The highest BCUT2D eigenvalue weighted by Gasteiger charge is 2.33. The summed E-state index contributed by atoms with van der Waals surface area (Å²) in [4.78, 5) is 0. The summed E-state index contributed by atoms with van der Waals surface area (Å²) in [5, 5.41) is 0. The van der Waals surface area contributed by atoms with E-state index in [9.17, 15) is 0 Å². The summed E-state index contributed by atoms with van der Waals surface area (Å²) in [7, 11) is 0. The molecule has 0 amide bonds. The number of unbranched alkanes of at least 4 members (excludes halogenated alkanes) is 20. The molecule has 0 N–H and O–H groups in total. The normalized spacial score (nSPS) is 12.7. The molecule has 0 heterocycles. The zero-order valence-electron chi connectivity index (χ0n) is 39.3. The van der Waals surface area contributed by atoms with Crippen molar-refractivity contribution in [1.29, 1.82) is 0 Å². The first kappa shape index (κ1) is 54.8. The molecule has 0 saturated carbocycles. The molecule has 0 aliphatic heterocycles. The van der Waals surface area contributed by atoms with Crippen molar-refractivity contribution < 1.29 is 27.9 Å². The van der Waals surface area contributed by atoms with E-state index in [1.807, 2.05) is 0 Å². The third-order valence-electron chi connectivity index (χ3n) is 13.4.